The lowest BCUT2D eigenvalue weighted by molar-refractivity contribution is -0.141. The zero-order valence-electron chi connectivity index (χ0n) is 10.2. The zero-order valence-corrected chi connectivity index (χ0v) is 10.2. The van der Waals surface area contributed by atoms with Crippen molar-refractivity contribution in [2.45, 2.75) is 68.6 Å². The minimum Gasteiger partial charge on any atom is -0.480 e. The van der Waals surface area contributed by atoms with Gasteiger partial charge in [0.15, 0.2) is 0 Å². The highest BCUT2D eigenvalue weighted by atomic mass is 16.5. The van der Waals surface area contributed by atoms with Crippen LogP contribution in [0.1, 0.15) is 51.4 Å². The molecule has 3 aliphatic rings. The number of carbonyl (C=O) groups is 1. The van der Waals surface area contributed by atoms with Crippen molar-refractivity contribution in [2.75, 3.05) is 6.54 Å². The van der Waals surface area contributed by atoms with Gasteiger partial charge >= 0.3 is 5.97 Å². The Morgan fingerprint density at radius 1 is 1.24 bits per heavy atom. The molecular weight excluding hydrogens is 218 g/mol. The molecule has 96 valence electrons. The Labute approximate surface area is 102 Å². The van der Waals surface area contributed by atoms with E-state index in [0.29, 0.717) is 6.54 Å². The summed E-state index contributed by atoms with van der Waals surface area (Å²) in [6.07, 6.45) is 8.99. The van der Waals surface area contributed by atoms with E-state index in [4.69, 9.17) is 9.84 Å². The molecule has 0 radical (unpaired) electrons. The monoisotopic (exact) mass is 239 g/mol. The van der Waals surface area contributed by atoms with E-state index in [-0.39, 0.29) is 11.7 Å². The summed E-state index contributed by atoms with van der Waals surface area (Å²) in [5, 5.41) is 12.3. The largest absolute Gasteiger partial charge is 0.480 e. The molecular formula is C13H21NO3. The number of aliphatic carboxylic acids is 1. The minimum absolute atomic E-state index is 0.159. The molecule has 0 aromatic rings. The van der Waals surface area contributed by atoms with Crippen LogP contribution in [0.25, 0.3) is 0 Å². The van der Waals surface area contributed by atoms with E-state index >= 15 is 0 Å². The van der Waals surface area contributed by atoms with Crippen LogP contribution in [0, 0.1) is 0 Å². The number of nitrogens with one attached hydrogen (secondary N) is 1. The highest BCUT2D eigenvalue weighted by Crippen LogP contribution is 2.43. The third-order valence-corrected chi connectivity index (χ3v) is 4.68. The minimum atomic E-state index is -0.703. The molecule has 4 nitrogen and oxygen atoms in total. The molecule has 17 heavy (non-hydrogen) atoms. The summed E-state index contributed by atoms with van der Waals surface area (Å²) < 4.78 is 6.16. The van der Waals surface area contributed by atoms with Crippen LogP contribution in [0.2, 0.25) is 0 Å². The third-order valence-electron chi connectivity index (χ3n) is 4.68. The lowest BCUT2D eigenvalue weighted by Crippen LogP contribution is -2.43. The molecule has 1 aliphatic heterocycles. The summed E-state index contributed by atoms with van der Waals surface area (Å²) in [5.41, 5.74) is -0.457. The number of carboxylic acids is 1. The van der Waals surface area contributed by atoms with Gasteiger partial charge in [-0.3, -0.25) is 10.1 Å². The Morgan fingerprint density at radius 3 is 2.53 bits per heavy atom. The van der Waals surface area contributed by atoms with Crippen LogP contribution >= 0.6 is 0 Å². The Hall–Kier alpha value is -0.610. The molecule has 1 unspecified atom stereocenters. The average Bonchev–Trinajstić information content (AvgIpc) is 2.81. The van der Waals surface area contributed by atoms with Gasteiger partial charge in [-0.05, 0) is 38.5 Å². The second-order valence-corrected chi connectivity index (χ2v) is 5.94. The summed E-state index contributed by atoms with van der Waals surface area (Å²) in [7, 11) is 0. The van der Waals surface area contributed by atoms with E-state index in [9.17, 15) is 4.79 Å². The molecule has 2 aliphatic carbocycles. The van der Waals surface area contributed by atoms with Gasteiger partial charge in [-0.2, -0.15) is 0 Å². The topological polar surface area (TPSA) is 58.6 Å². The van der Waals surface area contributed by atoms with E-state index < -0.39 is 11.5 Å². The van der Waals surface area contributed by atoms with Crippen LogP contribution < -0.4 is 5.32 Å². The van der Waals surface area contributed by atoms with Crippen molar-refractivity contribution < 1.29 is 14.6 Å². The Morgan fingerprint density at radius 2 is 1.94 bits per heavy atom. The van der Waals surface area contributed by atoms with Crippen LogP contribution in [0.3, 0.4) is 0 Å². The first-order chi connectivity index (χ1) is 8.14. The van der Waals surface area contributed by atoms with Gasteiger partial charge in [0.1, 0.15) is 5.54 Å². The van der Waals surface area contributed by atoms with E-state index in [2.05, 4.69) is 5.32 Å². The highest BCUT2D eigenvalue weighted by molar-refractivity contribution is 5.82. The van der Waals surface area contributed by atoms with Gasteiger partial charge in [0.05, 0.1) is 11.7 Å². The molecule has 1 atom stereocenters. The summed E-state index contributed by atoms with van der Waals surface area (Å²) in [6.45, 7) is 0.702. The van der Waals surface area contributed by atoms with Gasteiger partial charge in [0, 0.05) is 6.54 Å². The smallest absolute Gasteiger partial charge is 0.323 e. The molecule has 0 amide bonds. The standard InChI is InChI=1S/C13H21NO3/c15-11(16)13(7-8-13)14-9-10-3-6-12(17-10)4-1-2-5-12/h10,14H,1-9H2,(H,15,16). The zero-order chi connectivity index (χ0) is 11.9. The third kappa shape index (κ3) is 2.08. The van der Waals surface area contributed by atoms with Crippen LogP contribution in [0.15, 0.2) is 0 Å². The average molecular weight is 239 g/mol. The fourth-order valence-electron chi connectivity index (χ4n) is 3.33. The molecule has 1 spiro atoms. The fraction of sp³-hybridized carbons (Fsp3) is 0.923. The van der Waals surface area contributed by atoms with Crippen molar-refractivity contribution in [3.63, 3.8) is 0 Å². The number of ether oxygens (including phenoxy) is 1. The van der Waals surface area contributed by atoms with E-state index in [1.807, 2.05) is 0 Å². The molecule has 2 N–H and O–H groups in total. The van der Waals surface area contributed by atoms with Crippen molar-refractivity contribution in [3.05, 3.63) is 0 Å². The van der Waals surface area contributed by atoms with Crippen molar-refractivity contribution >= 4 is 5.97 Å². The quantitative estimate of drug-likeness (QED) is 0.783. The number of hydrogen-bond acceptors (Lipinski definition) is 3. The fourth-order valence-corrected chi connectivity index (χ4v) is 3.33. The van der Waals surface area contributed by atoms with E-state index in [1.165, 1.54) is 32.1 Å². The van der Waals surface area contributed by atoms with E-state index in [1.54, 1.807) is 0 Å². The normalized spacial score (nSPS) is 33.1. The van der Waals surface area contributed by atoms with Crippen LogP contribution in [0.4, 0.5) is 0 Å². The number of carboxylic acid groups (broad SMARTS) is 1. The highest BCUT2D eigenvalue weighted by Gasteiger charge is 2.51. The van der Waals surface area contributed by atoms with Crippen molar-refractivity contribution in [1.82, 2.24) is 5.32 Å². The summed E-state index contributed by atoms with van der Waals surface area (Å²) in [6, 6.07) is 0. The van der Waals surface area contributed by atoms with Gasteiger partial charge in [0.2, 0.25) is 0 Å². The predicted molar refractivity (Wildman–Crippen MR) is 62.9 cm³/mol. The number of rotatable bonds is 4. The lowest BCUT2D eigenvalue weighted by Gasteiger charge is -2.24. The van der Waals surface area contributed by atoms with Crippen molar-refractivity contribution in [2.24, 2.45) is 0 Å². The SMILES string of the molecule is O=C(O)C1(NCC2CCC3(CCCC3)O2)CC1. The molecule has 1 saturated heterocycles. The predicted octanol–water partition coefficient (Wildman–Crippen LogP) is 1.68. The molecule has 1 heterocycles. The van der Waals surface area contributed by atoms with Gasteiger partial charge in [-0.25, -0.2) is 0 Å². The van der Waals surface area contributed by atoms with Crippen molar-refractivity contribution in [1.29, 1.82) is 0 Å². The summed E-state index contributed by atoms with van der Waals surface area (Å²) in [4.78, 5) is 11.0. The van der Waals surface area contributed by atoms with Crippen LogP contribution in [-0.4, -0.2) is 34.9 Å². The first kappa shape index (κ1) is 11.5. The molecule has 0 aromatic carbocycles. The summed E-state index contributed by atoms with van der Waals surface area (Å²) in [5.74, 6) is -0.703. The molecule has 2 saturated carbocycles. The van der Waals surface area contributed by atoms with Crippen LogP contribution in [0.5, 0.6) is 0 Å². The first-order valence-electron chi connectivity index (χ1n) is 6.81. The van der Waals surface area contributed by atoms with Gasteiger partial charge in [0.25, 0.3) is 0 Å². The lowest BCUT2D eigenvalue weighted by atomic mass is 9.98. The van der Waals surface area contributed by atoms with Crippen molar-refractivity contribution in [3.8, 4) is 0 Å². The van der Waals surface area contributed by atoms with Gasteiger partial charge < -0.3 is 9.84 Å². The second-order valence-electron chi connectivity index (χ2n) is 5.94. The molecule has 4 heteroatoms. The van der Waals surface area contributed by atoms with Gasteiger partial charge in [-0.1, -0.05) is 12.8 Å². The maximum atomic E-state index is 11.0. The Bertz CT molecular complexity index is 319. The summed E-state index contributed by atoms with van der Waals surface area (Å²) >= 11 is 0. The van der Waals surface area contributed by atoms with Gasteiger partial charge in [-0.15, -0.1) is 0 Å². The Balaban J connectivity index is 1.49. The maximum absolute atomic E-state index is 11.0. The molecule has 0 bridgehead atoms. The number of hydrogen-bond donors (Lipinski definition) is 2. The Kier molecular flexibility index (Phi) is 2.67. The second kappa shape index (κ2) is 3.95. The first-order valence-corrected chi connectivity index (χ1v) is 6.81. The van der Waals surface area contributed by atoms with E-state index in [0.717, 1.165) is 19.3 Å². The van der Waals surface area contributed by atoms with Crippen LogP contribution in [-0.2, 0) is 9.53 Å². The molecule has 3 fully saturated rings. The maximum Gasteiger partial charge on any atom is 0.323 e. The molecule has 0 aromatic heterocycles. The molecule has 3 rings (SSSR count).